The number of carboxylic acid groups (broad SMARTS) is 1. The van der Waals surface area contributed by atoms with E-state index >= 15 is 0 Å². The average Bonchev–Trinajstić information content (AvgIpc) is 2.46. The highest BCUT2D eigenvalue weighted by Crippen LogP contribution is 2.39. The number of nitrogens with zero attached hydrogens (tertiary/aromatic N) is 2. The second-order valence-corrected chi connectivity index (χ2v) is 4.95. The molecule has 0 heterocycles. The number of anilines is 2. The number of hydrogen-bond acceptors (Lipinski definition) is 4. The van der Waals surface area contributed by atoms with Gasteiger partial charge < -0.3 is 10.0 Å². The molecule has 7 nitrogen and oxygen atoms in total. The Balaban J connectivity index is 2.76. The average molecular weight is 319 g/mol. The molecule has 0 aliphatic rings. The molecule has 2 N–H and O–H groups in total. The van der Waals surface area contributed by atoms with E-state index in [4.69, 9.17) is 5.11 Å². The van der Waals surface area contributed by atoms with Gasteiger partial charge in [-0.1, -0.05) is 18.2 Å². The summed E-state index contributed by atoms with van der Waals surface area (Å²) in [6.45, 7) is 0. The molecule has 23 heavy (non-hydrogen) atoms. The third kappa shape index (κ3) is 3.37. The summed E-state index contributed by atoms with van der Waals surface area (Å²) in [7, 11) is 3.35. The number of rotatable bonds is 4. The van der Waals surface area contributed by atoms with Crippen LogP contribution in [-0.2, 0) is 0 Å². The Morgan fingerprint density at radius 2 is 1.91 bits per heavy atom. The Bertz CT molecular complexity index is 777. The van der Waals surface area contributed by atoms with Crippen LogP contribution in [0.3, 0.4) is 0 Å². The highest BCUT2D eigenvalue weighted by atomic mass is 19.1. The maximum Gasteiger partial charge on any atom is 0.409 e. The van der Waals surface area contributed by atoms with Crippen molar-refractivity contribution in [3.05, 3.63) is 52.3 Å². The SMILES string of the molecule is CN(C)c1cc(NC(=O)O)c([N+](=O)[O-])cc1-c1ccccc1F. The van der Waals surface area contributed by atoms with E-state index in [9.17, 15) is 19.3 Å². The molecule has 8 heteroatoms. The first-order valence-electron chi connectivity index (χ1n) is 6.56. The number of nitrogens with one attached hydrogen (secondary N) is 1. The van der Waals surface area contributed by atoms with Gasteiger partial charge in [-0.2, -0.15) is 0 Å². The largest absolute Gasteiger partial charge is 0.465 e. The number of nitro benzene ring substituents is 1. The quantitative estimate of drug-likeness (QED) is 0.663. The molecule has 0 saturated heterocycles. The maximum atomic E-state index is 14.1. The molecule has 0 spiro atoms. The van der Waals surface area contributed by atoms with E-state index in [0.29, 0.717) is 11.3 Å². The van der Waals surface area contributed by atoms with Gasteiger partial charge in [0.05, 0.1) is 4.92 Å². The van der Waals surface area contributed by atoms with Gasteiger partial charge in [0.1, 0.15) is 11.5 Å². The van der Waals surface area contributed by atoms with Gasteiger partial charge in [0.2, 0.25) is 0 Å². The van der Waals surface area contributed by atoms with Crippen molar-refractivity contribution in [2.75, 3.05) is 24.3 Å². The first-order valence-corrected chi connectivity index (χ1v) is 6.56. The Morgan fingerprint density at radius 1 is 1.26 bits per heavy atom. The number of amides is 1. The van der Waals surface area contributed by atoms with E-state index < -0.39 is 22.5 Å². The van der Waals surface area contributed by atoms with Crippen molar-refractivity contribution in [1.29, 1.82) is 0 Å². The fraction of sp³-hybridized carbons (Fsp3) is 0.133. The molecule has 0 aliphatic carbocycles. The third-order valence-electron chi connectivity index (χ3n) is 3.20. The van der Waals surface area contributed by atoms with Gasteiger partial charge in [-0.25, -0.2) is 9.18 Å². The van der Waals surface area contributed by atoms with Crippen molar-refractivity contribution < 1.29 is 19.2 Å². The minimum Gasteiger partial charge on any atom is -0.465 e. The van der Waals surface area contributed by atoms with Crippen LogP contribution in [0.25, 0.3) is 11.1 Å². The normalized spacial score (nSPS) is 10.2. The topological polar surface area (TPSA) is 95.7 Å². The molecule has 120 valence electrons. The van der Waals surface area contributed by atoms with E-state index in [2.05, 4.69) is 0 Å². The van der Waals surface area contributed by atoms with Gasteiger partial charge in [-0.3, -0.25) is 15.4 Å². The van der Waals surface area contributed by atoms with Gasteiger partial charge in [0.25, 0.3) is 5.69 Å². The third-order valence-corrected chi connectivity index (χ3v) is 3.20. The van der Waals surface area contributed by atoms with Crippen LogP contribution in [0.15, 0.2) is 36.4 Å². The van der Waals surface area contributed by atoms with E-state index in [0.717, 1.165) is 0 Å². The Hall–Kier alpha value is -3.16. The summed E-state index contributed by atoms with van der Waals surface area (Å²) in [5.41, 5.74) is 0.323. The molecule has 0 aromatic heterocycles. The summed E-state index contributed by atoms with van der Waals surface area (Å²) in [5.74, 6) is -0.524. The van der Waals surface area contributed by atoms with E-state index in [1.54, 1.807) is 25.1 Å². The summed E-state index contributed by atoms with van der Waals surface area (Å²) in [4.78, 5) is 23.0. The molecular weight excluding hydrogens is 305 g/mol. The van der Waals surface area contributed by atoms with E-state index in [-0.39, 0.29) is 11.3 Å². The zero-order valence-electron chi connectivity index (χ0n) is 12.4. The lowest BCUT2D eigenvalue weighted by Gasteiger charge is -2.19. The molecule has 0 saturated carbocycles. The van der Waals surface area contributed by atoms with Gasteiger partial charge >= 0.3 is 6.09 Å². The Kier molecular flexibility index (Phi) is 4.44. The fourth-order valence-electron chi connectivity index (χ4n) is 2.21. The fourth-order valence-corrected chi connectivity index (χ4v) is 2.21. The molecule has 0 aliphatic heterocycles. The lowest BCUT2D eigenvalue weighted by Crippen LogP contribution is -2.14. The van der Waals surface area contributed by atoms with Crippen LogP contribution in [0.1, 0.15) is 0 Å². The van der Waals surface area contributed by atoms with E-state index in [1.165, 1.54) is 30.3 Å². The van der Waals surface area contributed by atoms with Crippen molar-refractivity contribution in [3.63, 3.8) is 0 Å². The van der Waals surface area contributed by atoms with E-state index in [1.807, 2.05) is 5.32 Å². The molecule has 0 atom stereocenters. The first kappa shape index (κ1) is 16.2. The molecule has 2 aromatic carbocycles. The molecule has 0 bridgehead atoms. The number of carbonyl (C=O) groups is 1. The lowest BCUT2D eigenvalue weighted by atomic mass is 10.0. The molecule has 0 fully saturated rings. The van der Waals surface area contributed by atoms with Gasteiger partial charge in [0.15, 0.2) is 0 Å². The summed E-state index contributed by atoms with van der Waals surface area (Å²) in [6.07, 6.45) is -1.42. The minimum absolute atomic E-state index is 0.175. The molecule has 1 amide bonds. The highest BCUT2D eigenvalue weighted by molar-refractivity contribution is 5.92. The summed E-state index contributed by atoms with van der Waals surface area (Å²) in [6, 6.07) is 8.37. The Labute approximate surface area is 131 Å². The van der Waals surface area contributed by atoms with Crippen LogP contribution in [0, 0.1) is 15.9 Å². The summed E-state index contributed by atoms with van der Waals surface area (Å²) < 4.78 is 14.1. The van der Waals surface area contributed by atoms with Crippen LogP contribution in [0.4, 0.5) is 26.2 Å². The van der Waals surface area contributed by atoms with Crippen molar-refractivity contribution in [2.24, 2.45) is 0 Å². The first-order chi connectivity index (χ1) is 10.8. The maximum absolute atomic E-state index is 14.1. The van der Waals surface area contributed by atoms with Crippen LogP contribution < -0.4 is 10.2 Å². The standard InChI is InChI=1S/C15H14FN3O4/c1-18(2)13-8-12(17-15(20)21)14(19(22)23)7-10(13)9-5-3-4-6-11(9)16/h3-8,17H,1-2H3,(H,20,21). The molecule has 0 radical (unpaired) electrons. The molecular formula is C15H14FN3O4. The zero-order chi connectivity index (χ0) is 17.1. The van der Waals surface area contributed by atoms with Gasteiger partial charge in [0, 0.05) is 37.0 Å². The number of benzene rings is 2. The summed E-state index contributed by atoms with van der Waals surface area (Å²) in [5, 5.41) is 22.0. The Morgan fingerprint density at radius 3 is 2.43 bits per heavy atom. The second-order valence-electron chi connectivity index (χ2n) is 4.95. The zero-order valence-corrected chi connectivity index (χ0v) is 12.4. The highest BCUT2D eigenvalue weighted by Gasteiger charge is 2.22. The van der Waals surface area contributed by atoms with Crippen molar-refractivity contribution in [3.8, 4) is 11.1 Å². The van der Waals surface area contributed by atoms with Crippen LogP contribution >= 0.6 is 0 Å². The molecule has 2 aromatic rings. The number of hydrogen-bond donors (Lipinski definition) is 2. The van der Waals surface area contributed by atoms with Crippen LogP contribution in [-0.4, -0.2) is 30.2 Å². The van der Waals surface area contributed by atoms with Gasteiger partial charge in [-0.05, 0) is 12.1 Å². The monoisotopic (exact) mass is 319 g/mol. The number of nitro groups is 1. The predicted molar refractivity (Wildman–Crippen MR) is 84.5 cm³/mol. The number of halogens is 1. The lowest BCUT2D eigenvalue weighted by molar-refractivity contribution is -0.383. The van der Waals surface area contributed by atoms with Crippen LogP contribution in [0.5, 0.6) is 0 Å². The van der Waals surface area contributed by atoms with Crippen molar-refractivity contribution in [2.45, 2.75) is 0 Å². The van der Waals surface area contributed by atoms with Gasteiger partial charge in [-0.15, -0.1) is 0 Å². The second kappa shape index (κ2) is 6.30. The minimum atomic E-state index is -1.42. The van der Waals surface area contributed by atoms with Crippen molar-refractivity contribution >= 4 is 23.2 Å². The predicted octanol–water partition coefficient (Wildman–Crippen LogP) is 3.56. The molecule has 0 unspecified atom stereocenters. The van der Waals surface area contributed by atoms with Crippen LogP contribution in [0.2, 0.25) is 0 Å². The summed E-state index contributed by atoms with van der Waals surface area (Å²) >= 11 is 0. The molecule has 2 rings (SSSR count). The smallest absolute Gasteiger partial charge is 0.409 e. The van der Waals surface area contributed by atoms with Crippen molar-refractivity contribution in [1.82, 2.24) is 0 Å².